The summed E-state index contributed by atoms with van der Waals surface area (Å²) in [6.07, 6.45) is 2.95. The summed E-state index contributed by atoms with van der Waals surface area (Å²) in [5.74, 6) is 0.408. The van der Waals surface area contributed by atoms with Crippen molar-refractivity contribution in [3.63, 3.8) is 0 Å². The molecule has 10 rings (SSSR count). The molecule has 3 heterocycles. The van der Waals surface area contributed by atoms with Gasteiger partial charge in [-0.1, -0.05) is 217 Å². The number of nitrogens with two attached hydrogens (primary N) is 2. The Kier molecular flexibility index (Phi) is 23.6. The maximum atomic E-state index is 13.7. The number of likely N-dealkylation sites (tertiary alicyclic amines) is 3. The van der Waals surface area contributed by atoms with E-state index in [1.165, 1.54) is 57.7 Å². The van der Waals surface area contributed by atoms with Gasteiger partial charge in [0.25, 0.3) is 0 Å². The van der Waals surface area contributed by atoms with Crippen molar-refractivity contribution in [1.82, 2.24) is 30.2 Å². The van der Waals surface area contributed by atoms with Crippen molar-refractivity contribution >= 4 is 33.4 Å². The van der Waals surface area contributed by atoms with Gasteiger partial charge in [-0.15, -0.1) is 0 Å². The maximum absolute atomic E-state index is 13.7. The molecule has 6 N–H and O–H groups in total. The van der Waals surface area contributed by atoms with Crippen molar-refractivity contribution in [2.45, 2.75) is 118 Å². The number of nitrogens with zero attached hydrogens (tertiary/aromatic N) is 4. The summed E-state index contributed by atoms with van der Waals surface area (Å²) in [4.78, 5) is 34.1. The minimum atomic E-state index is -0.104. The molecule has 0 spiro atoms. The Morgan fingerprint density at radius 3 is 1.54 bits per heavy atom. The number of benzene rings is 7. The zero-order valence-electron chi connectivity index (χ0n) is 50.3. The summed E-state index contributed by atoms with van der Waals surface area (Å²) >= 11 is 0. The minimum absolute atomic E-state index is 0.0110. The van der Waals surface area contributed by atoms with Gasteiger partial charge in [0.15, 0.2) is 0 Å². The van der Waals surface area contributed by atoms with Crippen molar-refractivity contribution in [2.24, 2.45) is 27.7 Å². The molecule has 80 heavy (non-hydrogen) atoms. The standard InChI is InChI=1S/C28H35N3O.C15H24N2.C12H13N.C8H15NO.C7H9N/c1-21(24-16-10-14-23-13-8-9-15-25(23)24)29-27(32)31(19-22-11-6-5-7-12-22)26-17-18-30(4)20-28(26,2)3;1-15(2)12-17(3)10-9-14(15)16-11-13-7-5-4-6-8-13;1-9(13)11-8-4-6-10-5-2-3-7-12(10)11;1-8(2)6-9(3)5-4-7(8)10;8-6-7-4-2-1-3-5-7/h5-16,21,26H,17-20H2,1-4H3,(H,29,32);4-8,14,16H,9-12H2,1-3H3;2-9H,13H2,1H3;4-6H2,1-3H3;1-5H,6,8H2/t21-,26?;;9-;;/m1.1../s1. The van der Waals surface area contributed by atoms with E-state index in [4.69, 9.17) is 11.5 Å². The molecule has 2 unspecified atom stereocenters. The molecule has 3 aliphatic rings. The van der Waals surface area contributed by atoms with Crippen LogP contribution in [0.25, 0.3) is 21.5 Å². The second kappa shape index (κ2) is 30.0. The van der Waals surface area contributed by atoms with Crippen LogP contribution in [0.4, 0.5) is 4.79 Å². The quantitative estimate of drug-likeness (QED) is 0.107. The zero-order chi connectivity index (χ0) is 57.9. The van der Waals surface area contributed by atoms with E-state index in [-0.39, 0.29) is 35.0 Å². The maximum Gasteiger partial charge on any atom is 0.318 e. The topological polar surface area (TPSA) is 123 Å². The van der Waals surface area contributed by atoms with Crippen LogP contribution in [0.15, 0.2) is 176 Å². The fourth-order valence-corrected chi connectivity index (χ4v) is 11.8. The van der Waals surface area contributed by atoms with Gasteiger partial charge in [-0.05, 0) is 121 Å². The molecule has 10 heteroatoms. The van der Waals surface area contributed by atoms with Crippen LogP contribution in [0, 0.1) is 16.2 Å². The fraction of sp³-hybridized carbons (Fsp3) is 0.429. The number of piperidine rings is 3. The van der Waals surface area contributed by atoms with Gasteiger partial charge < -0.3 is 41.7 Å². The Bertz CT molecular complexity index is 2950. The Balaban J connectivity index is 0.000000179. The third-order valence-corrected chi connectivity index (χ3v) is 16.2. The van der Waals surface area contributed by atoms with E-state index in [1.807, 2.05) is 81.4 Å². The molecule has 0 radical (unpaired) electrons. The first-order valence-electron chi connectivity index (χ1n) is 29.1. The Labute approximate surface area is 481 Å². The van der Waals surface area contributed by atoms with E-state index >= 15 is 0 Å². The first-order valence-corrected chi connectivity index (χ1v) is 29.1. The lowest BCUT2D eigenvalue weighted by molar-refractivity contribution is -0.131. The van der Waals surface area contributed by atoms with E-state index in [9.17, 15) is 9.59 Å². The van der Waals surface area contributed by atoms with Crippen LogP contribution in [0.2, 0.25) is 0 Å². The van der Waals surface area contributed by atoms with Gasteiger partial charge in [0.05, 0.1) is 6.04 Å². The number of fused-ring (bicyclic) bond motifs is 2. The van der Waals surface area contributed by atoms with E-state index in [2.05, 4.69) is 201 Å². The van der Waals surface area contributed by atoms with Crippen LogP contribution >= 0.6 is 0 Å². The number of nitrogens with one attached hydrogen (secondary N) is 2. The van der Waals surface area contributed by atoms with E-state index in [0.29, 0.717) is 30.3 Å². The highest BCUT2D eigenvalue weighted by Crippen LogP contribution is 2.35. The number of hydrogen-bond donors (Lipinski definition) is 4. The lowest BCUT2D eigenvalue weighted by Crippen LogP contribution is -2.58. The van der Waals surface area contributed by atoms with Crippen LogP contribution in [0.5, 0.6) is 0 Å². The largest absolute Gasteiger partial charge is 0.331 e. The Morgan fingerprint density at radius 2 is 1.04 bits per heavy atom. The highest BCUT2D eigenvalue weighted by molar-refractivity contribution is 5.87. The number of urea groups is 1. The molecule has 3 fully saturated rings. The normalized spacial score (nSPS) is 19.4. The monoisotopic (exact) mass is 1080 g/mol. The lowest BCUT2D eigenvalue weighted by Gasteiger charge is -2.48. The minimum Gasteiger partial charge on any atom is -0.331 e. The van der Waals surface area contributed by atoms with Gasteiger partial charge in [-0.3, -0.25) is 4.79 Å². The molecule has 7 aromatic rings. The van der Waals surface area contributed by atoms with Crippen molar-refractivity contribution in [3.05, 3.63) is 204 Å². The SMILES string of the molecule is CN1CCC(=O)C(C)(C)C1.CN1CCC(NCc2ccccc2)C(C)(C)C1.C[C@@H](N)c1cccc2ccccc12.C[C@@H](NC(=O)N(Cc1ccccc1)C1CCN(C)CC1(C)C)c1cccc2ccccc12.NCc1ccccc1. The highest BCUT2D eigenvalue weighted by atomic mass is 16.2. The van der Waals surface area contributed by atoms with Gasteiger partial charge in [0.2, 0.25) is 0 Å². The van der Waals surface area contributed by atoms with Crippen LogP contribution in [-0.4, -0.2) is 104 Å². The summed E-state index contributed by atoms with van der Waals surface area (Å²) in [5, 5.41) is 12.0. The number of carbonyl (C=O) groups excluding carboxylic acids is 2. The number of carbonyl (C=O) groups is 2. The van der Waals surface area contributed by atoms with Gasteiger partial charge >= 0.3 is 6.03 Å². The smallest absolute Gasteiger partial charge is 0.318 e. The molecule has 0 aromatic heterocycles. The van der Waals surface area contributed by atoms with Gasteiger partial charge in [-0.2, -0.15) is 0 Å². The van der Waals surface area contributed by atoms with Crippen molar-refractivity contribution in [1.29, 1.82) is 0 Å². The first-order chi connectivity index (χ1) is 38.2. The molecule has 0 saturated carbocycles. The number of Topliss-reactive ketones (excluding diaryl/α,β-unsaturated/α-hetero) is 1. The average molecular weight is 1080 g/mol. The van der Waals surface area contributed by atoms with Crippen LogP contribution in [0.3, 0.4) is 0 Å². The van der Waals surface area contributed by atoms with Crippen LogP contribution in [-0.2, 0) is 24.4 Å². The van der Waals surface area contributed by atoms with Crippen LogP contribution in [0.1, 0.15) is 115 Å². The zero-order valence-corrected chi connectivity index (χ0v) is 50.3. The molecule has 7 aromatic carbocycles. The van der Waals surface area contributed by atoms with Gasteiger partial charge in [-0.25, -0.2) is 4.79 Å². The second-order valence-corrected chi connectivity index (χ2v) is 24.7. The third kappa shape index (κ3) is 18.7. The molecule has 4 atom stereocenters. The Morgan fingerprint density at radius 1 is 0.575 bits per heavy atom. The molecule has 10 nitrogen and oxygen atoms in total. The molecular weight excluding hydrogens is 985 g/mol. The molecular formula is C70H96N8O2. The van der Waals surface area contributed by atoms with Gasteiger partial charge in [0, 0.05) is 75.8 Å². The summed E-state index contributed by atoms with van der Waals surface area (Å²) in [6, 6.07) is 61.1. The van der Waals surface area contributed by atoms with Crippen molar-refractivity contribution in [3.8, 4) is 0 Å². The number of ketones is 1. The average Bonchev–Trinajstić information content (AvgIpc) is 3.44. The van der Waals surface area contributed by atoms with Gasteiger partial charge in [0.1, 0.15) is 5.78 Å². The molecule has 3 saturated heterocycles. The highest BCUT2D eigenvalue weighted by Gasteiger charge is 2.41. The van der Waals surface area contributed by atoms with Crippen molar-refractivity contribution in [2.75, 3.05) is 60.4 Å². The summed E-state index contributed by atoms with van der Waals surface area (Å²) in [7, 11) is 6.45. The number of amides is 2. The molecule has 428 valence electrons. The Hall–Kier alpha value is -6.24. The first kappa shape index (κ1) is 62.9. The van der Waals surface area contributed by atoms with Crippen LogP contribution < -0.4 is 22.1 Å². The predicted octanol–water partition coefficient (Wildman–Crippen LogP) is 13.3. The molecule has 3 aliphatic heterocycles. The number of hydrogen-bond acceptors (Lipinski definition) is 8. The molecule has 0 aliphatic carbocycles. The number of rotatable bonds is 10. The lowest BCUT2D eigenvalue weighted by atomic mass is 9.78. The summed E-state index contributed by atoms with van der Waals surface area (Å²) in [6.45, 7) is 25.9. The summed E-state index contributed by atoms with van der Waals surface area (Å²) in [5.41, 5.74) is 17.6. The van der Waals surface area contributed by atoms with E-state index < -0.39 is 0 Å². The summed E-state index contributed by atoms with van der Waals surface area (Å²) < 4.78 is 0. The van der Waals surface area contributed by atoms with Crippen molar-refractivity contribution < 1.29 is 9.59 Å². The predicted molar refractivity (Wildman–Crippen MR) is 337 cm³/mol. The molecule has 2 amide bonds. The van der Waals surface area contributed by atoms with E-state index in [1.54, 1.807) is 0 Å². The van der Waals surface area contributed by atoms with E-state index in [0.717, 1.165) is 56.7 Å². The fourth-order valence-electron chi connectivity index (χ4n) is 11.8. The molecule has 0 bridgehead atoms. The third-order valence-electron chi connectivity index (χ3n) is 16.2. The second-order valence-electron chi connectivity index (χ2n) is 24.7.